The summed E-state index contributed by atoms with van der Waals surface area (Å²) in [5.41, 5.74) is 1.21. The van der Waals surface area contributed by atoms with E-state index in [1.807, 2.05) is 0 Å². The molecule has 1 atom stereocenters. The lowest BCUT2D eigenvalue weighted by molar-refractivity contribution is 0.0940. The molecule has 2 aromatic rings. The SMILES string of the molecule is O=C(NCCc1ccccc1F)Nc1cnn(CC2CCCO2)c1. The summed E-state index contributed by atoms with van der Waals surface area (Å²) < 4.78 is 20.8. The minimum atomic E-state index is -0.331. The third-order valence-corrected chi connectivity index (χ3v) is 3.94. The number of hydrogen-bond acceptors (Lipinski definition) is 3. The molecule has 0 radical (unpaired) electrons. The van der Waals surface area contributed by atoms with Gasteiger partial charge in [0.25, 0.3) is 0 Å². The molecule has 24 heavy (non-hydrogen) atoms. The highest BCUT2D eigenvalue weighted by molar-refractivity contribution is 5.88. The number of nitrogens with zero attached hydrogens (tertiary/aromatic N) is 2. The van der Waals surface area contributed by atoms with Crippen LogP contribution in [-0.4, -0.2) is 35.1 Å². The molecule has 7 heteroatoms. The summed E-state index contributed by atoms with van der Waals surface area (Å²) in [6.07, 6.45) is 6.15. The molecule has 6 nitrogen and oxygen atoms in total. The van der Waals surface area contributed by atoms with Crippen LogP contribution < -0.4 is 10.6 Å². The summed E-state index contributed by atoms with van der Waals surface area (Å²) >= 11 is 0. The number of carbonyl (C=O) groups is 1. The number of aromatic nitrogens is 2. The Morgan fingerprint density at radius 3 is 3.08 bits per heavy atom. The first-order valence-corrected chi connectivity index (χ1v) is 8.13. The molecule has 1 aliphatic rings. The third-order valence-electron chi connectivity index (χ3n) is 3.94. The molecule has 0 aliphatic carbocycles. The molecular weight excluding hydrogens is 311 g/mol. The van der Waals surface area contributed by atoms with E-state index >= 15 is 0 Å². The van der Waals surface area contributed by atoms with Crippen LogP contribution in [0.4, 0.5) is 14.9 Å². The molecule has 1 unspecified atom stereocenters. The predicted octanol–water partition coefficient (Wildman–Crippen LogP) is 2.57. The molecule has 0 bridgehead atoms. The lowest BCUT2D eigenvalue weighted by Crippen LogP contribution is -2.30. The quantitative estimate of drug-likeness (QED) is 0.854. The third kappa shape index (κ3) is 4.55. The maximum atomic E-state index is 13.5. The molecule has 2 N–H and O–H groups in total. The first kappa shape index (κ1) is 16.4. The summed E-state index contributed by atoms with van der Waals surface area (Å²) in [7, 11) is 0. The van der Waals surface area contributed by atoms with Crippen LogP contribution in [0.5, 0.6) is 0 Å². The van der Waals surface area contributed by atoms with E-state index in [1.165, 1.54) is 6.07 Å². The number of urea groups is 1. The molecular formula is C17H21FN4O2. The number of hydrogen-bond donors (Lipinski definition) is 2. The van der Waals surface area contributed by atoms with Crippen molar-refractivity contribution in [3.8, 4) is 0 Å². The van der Waals surface area contributed by atoms with Crippen molar-refractivity contribution >= 4 is 11.7 Å². The fraction of sp³-hybridized carbons (Fsp3) is 0.412. The van der Waals surface area contributed by atoms with Gasteiger partial charge in [0.05, 0.1) is 24.5 Å². The van der Waals surface area contributed by atoms with Crippen molar-refractivity contribution in [2.45, 2.75) is 31.9 Å². The van der Waals surface area contributed by atoms with Crippen LogP contribution in [0.1, 0.15) is 18.4 Å². The number of rotatable bonds is 6. The highest BCUT2D eigenvalue weighted by atomic mass is 19.1. The summed E-state index contributed by atoms with van der Waals surface area (Å²) in [5, 5.41) is 9.65. The first-order valence-electron chi connectivity index (χ1n) is 8.13. The molecule has 128 valence electrons. The first-order chi connectivity index (χ1) is 11.7. The second kappa shape index (κ2) is 7.92. The Bertz CT molecular complexity index is 683. The van der Waals surface area contributed by atoms with Crippen LogP contribution in [0.15, 0.2) is 36.7 Å². The van der Waals surface area contributed by atoms with E-state index < -0.39 is 0 Å². The Morgan fingerprint density at radius 1 is 1.42 bits per heavy atom. The minimum Gasteiger partial charge on any atom is -0.376 e. The Hall–Kier alpha value is -2.41. The molecule has 0 spiro atoms. The number of anilines is 1. The summed E-state index contributed by atoms with van der Waals surface area (Å²) in [4.78, 5) is 11.9. The van der Waals surface area contributed by atoms with Crippen molar-refractivity contribution in [2.24, 2.45) is 0 Å². The average molecular weight is 332 g/mol. The number of amides is 2. The molecule has 1 aromatic heterocycles. The molecule has 0 saturated carbocycles. The molecule has 2 amide bonds. The monoisotopic (exact) mass is 332 g/mol. The van der Waals surface area contributed by atoms with Gasteiger partial charge in [-0.15, -0.1) is 0 Å². The maximum Gasteiger partial charge on any atom is 0.319 e. The fourth-order valence-electron chi connectivity index (χ4n) is 2.71. The van der Waals surface area contributed by atoms with Gasteiger partial charge in [0.1, 0.15) is 5.82 Å². The van der Waals surface area contributed by atoms with Crippen LogP contribution in [0.25, 0.3) is 0 Å². The fourth-order valence-corrected chi connectivity index (χ4v) is 2.71. The van der Waals surface area contributed by atoms with E-state index in [0.29, 0.717) is 30.8 Å². The second-order valence-electron chi connectivity index (χ2n) is 5.81. The number of carbonyl (C=O) groups excluding carboxylic acids is 1. The number of benzene rings is 1. The minimum absolute atomic E-state index is 0.201. The van der Waals surface area contributed by atoms with E-state index in [0.717, 1.165) is 19.4 Å². The molecule has 1 saturated heterocycles. The van der Waals surface area contributed by atoms with Crippen molar-refractivity contribution in [3.63, 3.8) is 0 Å². The second-order valence-corrected chi connectivity index (χ2v) is 5.81. The number of ether oxygens (including phenoxy) is 1. The summed E-state index contributed by atoms with van der Waals surface area (Å²) in [5.74, 6) is -0.255. The summed E-state index contributed by atoms with van der Waals surface area (Å²) in [6.45, 7) is 1.86. The van der Waals surface area contributed by atoms with Gasteiger partial charge in [-0.3, -0.25) is 4.68 Å². The van der Waals surface area contributed by atoms with Gasteiger partial charge in [-0.05, 0) is 30.9 Å². The topological polar surface area (TPSA) is 68.2 Å². The van der Waals surface area contributed by atoms with Gasteiger partial charge in [-0.25, -0.2) is 9.18 Å². The van der Waals surface area contributed by atoms with Gasteiger partial charge < -0.3 is 15.4 Å². The normalized spacial score (nSPS) is 17.0. The molecule has 3 rings (SSSR count). The zero-order valence-corrected chi connectivity index (χ0v) is 13.4. The van der Waals surface area contributed by atoms with Crippen LogP contribution in [0, 0.1) is 5.82 Å². The zero-order chi connectivity index (χ0) is 16.8. The number of nitrogens with one attached hydrogen (secondary N) is 2. The lowest BCUT2D eigenvalue weighted by Gasteiger charge is -2.08. The van der Waals surface area contributed by atoms with Crippen molar-refractivity contribution in [1.29, 1.82) is 0 Å². The molecule has 1 aromatic carbocycles. The smallest absolute Gasteiger partial charge is 0.319 e. The van der Waals surface area contributed by atoms with Crippen LogP contribution in [0.3, 0.4) is 0 Å². The van der Waals surface area contributed by atoms with Crippen molar-refractivity contribution in [2.75, 3.05) is 18.5 Å². The predicted molar refractivity (Wildman–Crippen MR) is 88.3 cm³/mol. The van der Waals surface area contributed by atoms with Crippen molar-refractivity contribution in [3.05, 3.63) is 48.0 Å². The van der Waals surface area contributed by atoms with Gasteiger partial charge in [0.15, 0.2) is 0 Å². The Kier molecular flexibility index (Phi) is 5.43. The van der Waals surface area contributed by atoms with Gasteiger partial charge >= 0.3 is 6.03 Å². The van der Waals surface area contributed by atoms with Gasteiger partial charge in [-0.1, -0.05) is 18.2 Å². The molecule has 2 heterocycles. The Balaban J connectivity index is 1.41. The van der Waals surface area contributed by atoms with E-state index in [2.05, 4.69) is 15.7 Å². The Labute approximate surface area is 140 Å². The van der Waals surface area contributed by atoms with Gasteiger partial charge in [0, 0.05) is 19.3 Å². The highest BCUT2D eigenvalue weighted by Gasteiger charge is 2.16. The Morgan fingerprint density at radius 2 is 2.29 bits per heavy atom. The summed E-state index contributed by atoms with van der Waals surface area (Å²) in [6, 6.07) is 6.22. The van der Waals surface area contributed by atoms with Crippen LogP contribution in [-0.2, 0) is 17.7 Å². The van der Waals surface area contributed by atoms with E-state index in [4.69, 9.17) is 4.74 Å². The van der Waals surface area contributed by atoms with Gasteiger partial charge in [0.2, 0.25) is 0 Å². The van der Waals surface area contributed by atoms with Crippen LogP contribution >= 0.6 is 0 Å². The standard InChI is InChI=1S/C17H21FN4O2/c18-16-6-2-1-4-13(16)7-8-19-17(23)21-14-10-20-22(11-14)12-15-5-3-9-24-15/h1-2,4,6,10-11,15H,3,5,7-9,12H2,(H2,19,21,23). The highest BCUT2D eigenvalue weighted by Crippen LogP contribution is 2.15. The largest absolute Gasteiger partial charge is 0.376 e. The number of halogens is 1. The van der Waals surface area contributed by atoms with Crippen molar-refractivity contribution < 1.29 is 13.9 Å². The van der Waals surface area contributed by atoms with E-state index in [1.54, 1.807) is 35.3 Å². The maximum absolute atomic E-state index is 13.5. The van der Waals surface area contributed by atoms with Gasteiger partial charge in [-0.2, -0.15) is 5.10 Å². The van der Waals surface area contributed by atoms with E-state index in [-0.39, 0.29) is 18.0 Å². The van der Waals surface area contributed by atoms with E-state index in [9.17, 15) is 9.18 Å². The van der Waals surface area contributed by atoms with Crippen LogP contribution in [0.2, 0.25) is 0 Å². The van der Waals surface area contributed by atoms with Crippen molar-refractivity contribution in [1.82, 2.24) is 15.1 Å². The molecule has 1 aliphatic heterocycles. The molecule has 1 fully saturated rings. The lowest BCUT2D eigenvalue weighted by atomic mass is 10.1. The zero-order valence-electron chi connectivity index (χ0n) is 13.4. The average Bonchev–Trinajstić information content (AvgIpc) is 3.22.